The van der Waals surface area contributed by atoms with Gasteiger partial charge >= 0.3 is 0 Å². The number of nitrogens with one attached hydrogen (secondary N) is 2. The van der Waals surface area contributed by atoms with Crippen molar-refractivity contribution in [3.63, 3.8) is 0 Å². The number of benzene rings is 1. The van der Waals surface area contributed by atoms with Crippen LogP contribution in [0.2, 0.25) is 0 Å². The molecule has 1 aliphatic carbocycles. The molecule has 2 rings (SSSR count). The molecule has 0 atom stereocenters. The second-order valence-electron chi connectivity index (χ2n) is 5.43. The predicted octanol–water partition coefficient (Wildman–Crippen LogP) is 1.98. The van der Waals surface area contributed by atoms with Gasteiger partial charge < -0.3 is 15.4 Å². The molecule has 2 N–H and O–H groups in total. The number of amides is 1. The average Bonchev–Trinajstić information content (AvgIpc) is 3.18. The zero-order chi connectivity index (χ0) is 14.5. The summed E-state index contributed by atoms with van der Waals surface area (Å²) < 4.78 is 19.0. The Hall–Kier alpha value is -1.62. The topological polar surface area (TPSA) is 50.4 Å². The van der Waals surface area contributed by atoms with E-state index >= 15 is 0 Å². The lowest BCUT2D eigenvalue weighted by Gasteiger charge is -2.11. The van der Waals surface area contributed by atoms with Crippen LogP contribution < -0.4 is 15.4 Å². The number of carbonyl (C=O) groups excluding carboxylic acids is 1. The molecule has 1 amide bonds. The molecule has 0 heterocycles. The molecule has 0 radical (unpaired) electrons. The van der Waals surface area contributed by atoms with Gasteiger partial charge in [-0.15, -0.1) is 0 Å². The Kier molecular flexibility index (Phi) is 4.95. The third kappa shape index (κ3) is 4.81. The molecular weight excluding hydrogens is 259 g/mol. The molecule has 1 fully saturated rings. The third-order valence-corrected chi connectivity index (χ3v) is 2.98. The van der Waals surface area contributed by atoms with Crippen LogP contribution in [0.25, 0.3) is 0 Å². The highest BCUT2D eigenvalue weighted by atomic mass is 19.1. The Morgan fingerprint density at radius 3 is 2.80 bits per heavy atom. The van der Waals surface area contributed by atoms with Gasteiger partial charge in [-0.1, -0.05) is 6.07 Å². The summed E-state index contributed by atoms with van der Waals surface area (Å²) in [6, 6.07) is 5.47. The second kappa shape index (κ2) is 6.70. The zero-order valence-corrected chi connectivity index (χ0v) is 11.9. The van der Waals surface area contributed by atoms with E-state index in [1.165, 1.54) is 18.9 Å². The SMILES string of the molecule is CC(C)NC(=O)COc1ccc(CNC2CC2)cc1F. The summed E-state index contributed by atoms with van der Waals surface area (Å²) in [5.74, 6) is -0.574. The fourth-order valence-electron chi connectivity index (χ4n) is 1.83. The summed E-state index contributed by atoms with van der Waals surface area (Å²) in [6.07, 6.45) is 2.41. The van der Waals surface area contributed by atoms with Gasteiger partial charge in [0, 0.05) is 18.6 Å². The van der Waals surface area contributed by atoms with Crippen LogP contribution in [-0.2, 0) is 11.3 Å². The highest BCUT2D eigenvalue weighted by Gasteiger charge is 2.20. The maximum atomic E-state index is 13.8. The molecule has 0 spiro atoms. The van der Waals surface area contributed by atoms with E-state index in [-0.39, 0.29) is 24.3 Å². The number of ether oxygens (including phenoxy) is 1. The van der Waals surface area contributed by atoms with Crippen LogP contribution in [0.15, 0.2) is 18.2 Å². The van der Waals surface area contributed by atoms with E-state index in [0.717, 1.165) is 5.56 Å². The largest absolute Gasteiger partial charge is 0.481 e. The minimum Gasteiger partial charge on any atom is -0.481 e. The summed E-state index contributed by atoms with van der Waals surface area (Å²) in [5.41, 5.74) is 0.883. The fourth-order valence-corrected chi connectivity index (χ4v) is 1.83. The molecule has 1 aliphatic rings. The maximum Gasteiger partial charge on any atom is 0.258 e. The third-order valence-electron chi connectivity index (χ3n) is 2.98. The molecule has 1 saturated carbocycles. The van der Waals surface area contributed by atoms with Crippen LogP contribution in [0.3, 0.4) is 0 Å². The smallest absolute Gasteiger partial charge is 0.258 e. The van der Waals surface area contributed by atoms with Crippen LogP contribution in [0, 0.1) is 5.82 Å². The second-order valence-corrected chi connectivity index (χ2v) is 5.43. The maximum absolute atomic E-state index is 13.8. The first kappa shape index (κ1) is 14.8. The molecule has 1 aromatic rings. The summed E-state index contributed by atoms with van der Waals surface area (Å²) in [5, 5.41) is 6.01. The molecule has 0 aliphatic heterocycles. The van der Waals surface area contributed by atoms with Crippen LogP contribution in [0.5, 0.6) is 5.75 Å². The minimum atomic E-state index is -0.433. The minimum absolute atomic E-state index is 0.0480. The zero-order valence-electron chi connectivity index (χ0n) is 11.9. The first-order valence-corrected chi connectivity index (χ1v) is 6.98. The molecule has 1 aromatic carbocycles. The summed E-state index contributed by atoms with van der Waals surface area (Å²) in [6.45, 7) is 4.21. The molecular formula is C15H21FN2O2. The Morgan fingerprint density at radius 2 is 2.20 bits per heavy atom. The van der Waals surface area contributed by atoms with Crippen LogP contribution in [0.1, 0.15) is 32.3 Å². The molecule has 0 unspecified atom stereocenters. The van der Waals surface area contributed by atoms with E-state index in [1.54, 1.807) is 6.07 Å². The number of carbonyl (C=O) groups is 1. The Labute approximate surface area is 118 Å². The summed E-state index contributed by atoms with van der Waals surface area (Å²) >= 11 is 0. The predicted molar refractivity (Wildman–Crippen MR) is 75.0 cm³/mol. The van der Waals surface area contributed by atoms with Crippen molar-refractivity contribution in [2.45, 2.75) is 45.3 Å². The Balaban J connectivity index is 1.83. The lowest BCUT2D eigenvalue weighted by atomic mass is 10.2. The van der Waals surface area contributed by atoms with E-state index in [1.807, 2.05) is 19.9 Å². The molecule has 110 valence electrons. The summed E-state index contributed by atoms with van der Waals surface area (Å²) in [7, 11) is 0. The number of halogens is 1. The van der Waals surface area contributed by atoms with E-state index in [4.69, 9.17) is 4.74 Å². The van der Waals surface area contributed by atoms with Gasteiger partial charge in [-0.05, 0) is 44.4 Å². The van der Waals surface area contributed by atoms with Crippen LogP contribution >= 0.6 is 0 Å². The standard InChI is InChI=1S/C15H21FN2O2/c1-10(2)18-15(19)9-20-14-6-3-11(7-13(14)16)8-17-12-4-5-12/h3,6-7,10,12,17H,4-5,8-9H2,1-2H3,(H,18,19). The van der Waals surface area contributed by atoms with Crippen molar-refractivity contribution < 1.29 is 13.9 Å². The lowest BCUT2D eigenvalue weighted by molar-refractivity contribution is -0.123. The summed E-state index contributed by atoms with van der Waals surface area (Å²) in [4.78, 5) is 11.4. The lowest BCUT2D eigenvalue weighted by Crippen LogP contribution is -2.34. The molecule has 0 bridgehead atoms. The highest BCUT2D eigenvalue weighted by molar-refractivity contribution is 5.77. The van der Waals surface area contributed by atoms with Crippen molar-refractivity contribution in [1.82, 2.24) is 10.6 Å². The van der Waals surface area contributed by atoms with E-state index in [9.17, 15) is 9.18 Å². The molecule has 20 heavy (non-hydrogen) atoms. The van der Waals surface area contributed by atoms with Gasteiger partial charge in [-0.3, -0.25) is 4.79 Å². The average molecular weight is 280 g/mol. The van der Waals surface area contributed by atoms with Gasteiger partial charge in [0.2, 0.25) is 0 Å². The molecule has 0 aromatic heterocycles. The van der Waals surface area contributed by atoms with E-state index in [2.05, 4.69) is 10.6 Å². The van der Waals surface area contributed by atoms with Gasteiger partial charge in [-0.25, -0.2) is 4.39 Å². The van der Waals surface area contributed by atoms with Crippen LogP contribution in [-0.4, -0.2) is 24.6 Å². The quantitative estimate of drug-likeness (QED) is 0.803. The van der Waals surface area contributed by atoms with Crippen molar-refractivity contribution in [2.75, 3.05) is 6.61 Å². The monoisotopic (exact) mass is 280 g/mol. The van der Waals surface area contributed by atoms with Gasteiger partial charge in [0.25, 0.3) is 5.91 Å². The van der Waals surface area contributed by atoms with Crippen molar-refractivity contribution in [3.05, 3.63) is 29.6 Å². The van der Waals surface area contributed by atoms with Gasteiger partial charge in [-0.2, -0.15) is 0 Å². The first-order valence-electron chi connectivity index (χ1n) is 6.98. The fraction of sp³-hybridized carbons (Fsp3) is 0.533. The van der Waals surface area contributed by atoms with E-state index < -0.39 is 5.82 Å². The molecule has 5 heteroatoms. The molecule has 4 nitrogen and oxygen atoms in total. The van der Waals surface area contributed by atoms with Crippen molar-refractivity contribution in [2.24, 2.45) is 0 Å². The first-order chi connectivity index (χ1) is 9.54. The Bertz CT molecular complexity index is 473. The van der Waals surface area contributed by atoms with Gasteiger partial charge in [0.15, 0.2) is 18.2 Å². The van der Waals surface area contributed by atoms with Gasteiger partial charge in [0.1, 0.15) is 0 Å². The van der Waals surface area contributed by atoms with Crippen molar-refractivity contribution >= 4 is 5.91 Å². The normalized spacial score (nSPS) is 14.4. The van der Waals surface area contributed by atoms with Crippen molar-refractivity contribution in [1.29, 1.82) is 0 Å². The number of hydrogen-bond donors (Lipinski definition) is 2. The number of rotatable bonds is 7. The number of hydrogen-bond acceptors (Lipinski definition) is 3. The van der Waals surface area contributed by atoms with E-state index in [0.29, 0.717) is 12.6 Å². The Morgan fingerprint density at radius 1 is 1.45 bits per heavy atom. The van der Waals surface area contributed by atoms with Crippen molar-refractivity contribution in [3.8, 4) is 5.75 Å². The highest BCUT2D eigenvalue weighted by Crippen LogP contribution is 2.21. The van der Waals surface area contributed by atoms with Gasteiger partial charge in [0.05, 0.1) is 0 Å². The van der Waals surface area contributed by atoms with Crippen LogP contribution in [0.4, 0.5) is 4.39 Å². The molecule has 0 saturated heterocycles.